The zero-order valence-electron chi connectivity index (χ0n) is 14.1. The van der Waals surface area contributed by atoms with Gasteiger partial charge in [-0.2, -0.15) is 0 Å². The van der Waals surface area contributed by atoms with Gasteiger partial charge in [0.25, 0.3) is 5.91 Å². The normalized spacial score (nSPS) is 10.4. The number of ether oxygens (including phenoxy) is 1. The summed E-state index contributed by atoms with van der Waals surface area (Å²) in [5.74, 6) is -1.58. The number of nitrogens with one attached hydrogen (secondary N) is 2. The summed E-state index contributed by atoms with van der Waals surface area (Å²) in [7, 11) is 1.54. The molecule has 8 heteroatoms. The molecule has 0 bridgehead atoms. The lowest BCUT2D eigenvalue weighted by Crippen LogP contribution is -2.12. The molecule has 0 atom stereocenters. The van der Waals surface area contributed by atoms with Gasteiger partial charge in [-0.3, -0.25) is 4.79 Å². The van der Waals surface area contributed by atoms with Crippen molar-refractivity contribution in [1.29, 1.82) is 0 Å². The molecule has 5 nitrogen and oxygen atoms in total. The molecule has 0 radical (unpaired) electrons. The quantitative estimate of drug-likeness (QED) is 0.643. The summed E-state index contributed by atoms with van der Waals surface area (Å²) in [4.78, 5) is 16.3. The molecule has 0 aliphatic carbocycles. The van der Waals surface area contributed by atoms with E-state index in [2.05, 4.69) is 15.6 Å². The second-order valence-corrected chi connectivity index (χ2v) is 5.92. The maximum atomic E-state index is 13.2. The van der Waals surface area contributed by atoms with E-state index in [1.807, 2.05) is 0 Å². The van der Waals surface area contributed by atoms with Crippen molar-refractivity contribution in [3.8, 4) is 5.75 Å². The van der Waals surface area contributed by atoms with Gasteiger partial charge in [0.2, 0.25) is 0 Å². The Bertz CT molecular complexity index is 981. The van der Waals surface area contributed by atoms with Crippen LogP contribution in [0.1, 0.15) is 10.4 Å². The summed E-state index contributed by atoms with van der Waals surface area (Å²) < 4.78 is 31.4. The molecular formula is C19H14ClF2N3O2. The van der Waals surface area contributed by atoms with Gasteiger partial charge in [0.1, 0.15) is 11.6 Å². The molecule has 1 aromatic heterocycles. The number of anilines is 3. The molecule has 0 spiro atoms. The summed E-state index contributed by atoms with van der Waals surface area (Å²) >= 11 is 5.99. The minimum absolute atomic E-state index is 0.000217. The molecule has 0 saturated heterocycles. The number of carbonyl (C=O) groups excluding carboxylic acids is 1. The Hall–Kier alpha value is -3.19. The molecular weight excluding hydrogens is 376 g/mol. The summed E-state index contributed by atoms with van der Waals surface area (Å²) in [5, 5.41) is 6.17. The van der Waals surface area contributed by atoms with Crippen molar-refractivity contribution in [3.63, 3.8) is 0 Å². The lowest BCUT2D eigenvalue weighted by molar-refractivity contribution is 0.102. The molecule has 0 saturated carbocycles. The average molecular weight is 390 g/mol. The van der Waals surface area contributed by atoms with E-state index in [-0.39, 0.29) is 5.56 Å². The Morgan fingerprint density at radius 1 is 1.07 bits per heavy atom. The molecule has 0 aliphatic heterocycles. The van der Waals surface area contributed by atoms with Crippen LogP contribution >= 0.6 is 11.6 Å². The molecule has 0 fully saturated rings. The van der Waals surface area contributed by atoms with Crippen LogP contribution in [0.15, 0.2) is 54.7 Å². The van der Waals surface area contributed by atoms with Crippen LogP contribution in [0.4, 0.5) is 26.0 Å². The van der Waals surface area contributed by atoms with Crippen LogP contribution in [0, 0.1) is 11.6 Å². The van der Waals surface area contributed by atoms with Crippen molar-refractivity contribution in [2.24, 2.45) is 0 Å². The molecule has 1 amide bonds. The number of nitrogens with zero attached hydrogens (tertiary/aromatic N) is 1. The van der Waals surface area contributed by atoms with Crippen LogP contribution in [0.3, 0.4) is 0 Å². The van der Waals surface area contributed by atoms with Crippen molar-refractivity contribution in [2.45, 2.75) is 0 Å². The van der Waals surface area contributed by atoms with Gasteiger partial charge in [0, 0.05) is 10.6 Å². The van der Waals surface area contributed by atoms with Gasteiger partial charge in [-0.15, -0.1) is 0 Å². The highest BCUT2D eigenvalue weighted by Gasteiger charge is 2.11. The van der Waals surface area contributed by atoms with Crippen LogP contribution in [0.25, 0.3) is 0 Å². The largest absolute Gasteiger partial charge is 0.495 e. The molecule has 27 heavy (non-hydrogen) atoms. The molecule has 138 valence electrons. The average Bonchev–Trinajstić information content (AvgIpc) is 2.65. The second-order valence-electron chi connectivity index (χ2n) is 5.48. The number of hydrogen-bond acceptors (Lipinski definition) is 4. The molecule has 0 aliphatic rings. The van der Waals surface area contributed by atoms with Crippen molar-refractivity contribution < 1.29 is 18.3 Å². The Kier molecular flexibility index (Phi) is 5.52. The molecule has 0 unspecified atom stereocenters. The minimum atomic E-state index is -1.09. The van der Waals surface area contributed by atoms with Crippen molar-refractivity contribution >= 4 is 34.7 Å². The van der Waals surface area contributed by atoms with Gasteiger partial charge in [-0.25, -0.2) is 13.8 Å². The van der Waals surface area contributed by atoms with E-state index < -0.39 is 17.5 Å². The van der Waals surface area contributed by atoms with Gasteiger partial charge < -0.3 is 15.4 Å². The first-order valence-corrected chi connectivity index (χ1v) is 8.17. The minimum Gasteiger partial charge on any atom is -0.495 e. The van der Waals surface area contributed by atoms with Crippen LogP contribution in [0.2, 0.25) is 5.02 Å². The number of rotatable bonds is 5. The van der Waals surface area contributed by atoms with Crippen molar-refractivity contribution in [3.05, 3.63) is 76.9 Å². The predicted molar refractivity (Wildman–Crippen MR) is 99.8 cm³/mol. The fourth-order valence-corrected chi connectivity index (χ4v) is 2.47. The third kappa shape index (κ3) is 4.51. The van der Waals surface area contributed by atoms with Crippen LogP contribution in [-0.4, -0.2) is 18.0 Å². The van der Waals surface area contributed by atoms with E-state index in [1.54, 1.807) is 37.4 Å². The first-order chi connectivity index (χ1) is 13.0. The van der Waals surface area contributed by atoms with Gasteiger partial charge in [-0.1, -0.05) is 11.6 Å². The van der Waals surface area contributed by atoms with Gasteiger partial charge in [0.15, 0.2) is 11.6 Å². The molecule has 2 N–H and O–H groups in total. The zero-order chi connectivity index (χ0) is 19.4. The van der Waals surface area contributed by atoms with Gasteiger partial charge in [-0.05, 0) is 48.5 Å². The lowest BCUT2D eigenvalue weighted by atomic mass is 10.2. The van der Waals surface area contributed by atoms with Crippen molar-refractivity contribution in [2.75, 3.05) is 17.7 Å². The Morgan fingerprint density at radius 2 is 1.89 bits per heavy atom. The number of aromatic nitrogens is 1. The van der Waals surface area contributed by atoms with E-state index in [0.29, 0.717) is 28.0 Å². The van der Waals surface area contributed by atoms with Gasteiger partial charge >= 0.3 is 0 Å². The number of benzene rings is 2. The monoisotopic (exact) mass is 389 g/mol. The SMILES string of the molecule is COc1ccc(Cl)cc1Nc1ccc(NC(=O)c2ccc(F)c(F)c2)cn1. The molecule has 2 aromatic carbocycles. The lowest BCUT2D eigenvalue weighted by Gasteiger charge is -2.11. The molecule has 1 heterocycles. The molecule has 3 aromatic rings. The number of pyridine rings is 1. The van der Waals surface area contributed by atoms with E-state index in [1.165, 1.54) is 12.3 Å². The van der Waals surface area contributed by atoms with Crippen LogP contribution in [0.5, 0.6) is 5.75 Å². The highest BCUT2D eigenvalue weighted by molar-refractivity contribution is 6.31. The second kappa shape index (κ2) is 8.01. The third-order valence-electron chi connectivity index (χ3n) is 3.63. The van der Waals surface area contributed by atoms with Crippen LogP contribution < -0.4 is 15.4 Å². The van der Waals surface area contributed by atoms with Crippen LogP contribution in [-0.2, 0) is 0 Å². The Morgan fingerprint density at radius 3 is 2.56 bits per heavy atom. The van der Waals surface area contributed by atoms with E-state index in [4.69, 9.17) is 16.3 Å². The smallest absolute Gasteiger partial charge is 0.255 e. The van der Waals surface area contributed by atoms with E-state index >= 15 is 0 Å². The third-order valence-corrected chi connectivity index (χ3v) is 3.86. The summed E-state index contributed by atoms with van der Waals surface area (Å²) in [6, 6.07) is 11.3. The molecule has 3 rings (SSSR count). The van der Waals surface area contributed by atoms with Crippen molar-refractivity contribution in [1.82, 2.24) is 4.98 Å². The fraction of sp³-hybridized carbons (Fsp3) is 0.0526. The highest BCUT2D eigenvalue weighted by Crippen LogP contribution is 2.30. The number of carbonyl (C=O) groups is 1. The fourth-order valence-electron chi connectivity index (χ4n) is 2.30. The first kappa shape index (κ1) is 18.6. The maximum Gasteiger partial charge on any atom is 0.255 e. The maximum absolute atomic E-state index is 13.2. The van der Waals surface area contributed by atoms with E-state index in [0.717, 1.165) is 12.1 Å². The Labute approximate surface area is 159 Å². The number of halogens is 3. The number of hydrogen-bond donors (Lipinski definition) is 2. The topological polar surface area (TPSA) is 63.2 Å². The predicted octanol–water partition coefficient (Wildman–Crippen LogP) is 5.02. The zero-order valence-corrected chi connectivity index (χ0v) is 14.8. The standard InChI is InChI=1S/C19H14ClF2N3O2/c1-27-17-6-3-12(20)9-16(17)25-18-7-4-13(10-23-18)24-19(26)11-2-5-14(21)15(22)8-11/h2-10H,1H3,(H,23,25)(H,24,26). The summed E-state index contributed by atoms with van der Waals surface area (Å²) in [6.07, 6.45) is 1.43. The number of amides is 1. The number of methoxy groups -OCH3 is 1. The first-order valence-electron chi connectivity index (χ1n) is 7.79. The highest BCUT2D eigenvalue weighted by atomic mass is 35.5. The summed E-state index contributed by atoms with van der Waals surface area (Å²) in [5.41, 5.74) is 1.03. The Balaban J connectivity index is 1.71. The van der Waals surface area contributed by atoms with Gasteiger partial charge in [0.05, 0.1) is 24.7 Å². The van der Waals surface area contributed by atoms with E-state index in [9.17, 15) is 13.6 Å². The summed E-state index contributed by atoms with van der Waals surface area (Å²) in [6.45, 7) is 0.